The second-order valence-electron chi connectivity index (χ2n) is 11.2. The van der Waals surface area contributed by atoms with Crippen LogP contribution in [0.4, 0.5) is 0 Å². The topological polar surface area (TPSA) is 108 Å². The Morgan fingerprint density at radius 1 is 1.19 bits per heavy atom. The second kappa shape index (κ2) is 11.1. The average molecular weight is 450 g/mol. The standard InChI is InChI=1S/C25H43N3O4/c1-24(2,3)25(13-5-4-6-14-25)15-7-8-18(16-22(30)31)23-27-21(28-32-23)17-26-19-9-11-20(29)12-10-19/h18-20,26,29H,4-17H2,1-3H3,(H,30,31)/t18-,19?,20?/m1/s1. The average Bonchev–Trinajstić information content (AvgIpc) is 3.21. The molecule has 1 aromatic rings. The lowest BCUT2D eigenvalue weighted by Crippen LogP contribution is -2.37. The Morgan fingerprint density at radius 3 is 2.50 bits per heavy atom. The number of aliphatic carboxylic acids is 1. The number of hydrogen-bond donors (Lipinski definition) is 3. The van der Waals surface area contributed by atoms with Gasteiger partial charge in [0.15, 0.2) is 5.82 Å². The molecule has 0 aromatic carbocycles. The Bertz CT molecular complexity index is 713. The molecule has 2 aliphatic rings. The van der Waals surface area contributed by atoms with E-state index < -0.39 is 5.97 Å². The number of nitrogens with one attached hydrogen (secondary N) is 1. The lowest BCUT2D eigenvalue weighted by Gasteiger charge is -2.48. The summed E-state index contributed by atoms with van der Waals surface area (Å²) in [6, 6.07) is 0.360. The van der Waals surface area contributed by atoms with Crippen molar-refractivity contribution in [3.8, 4) is 0 Å². The van der Waals surface area contributed by atoms with Crippen LogP contribution in [0.1, 0.15) is 122 Å². The maximum absolute atomic E-state index is 11.5. The molecule has 3 N–H and O–H groups in total. The first-order valence-corrected chi connectivity index (χ1v) is 12.6. The molecule has 2 saturated carbocycles. The molecule has 2 aliphatic carbocycles. The molecule has 0 radical (unpaired) electrons. The van der Waals surface area contributed by atoms with Crippen molar-refractivity contribution in [2.45, 2.75) is 129 Å². The lowest BCUT2D eigenvalue weighted by atomic mass is 9.57. The molecule has 1 atom stereocenters. The molecule has 0 spiro atoms. The maximum Gasteiger partial charge on any atom is 0.304 e. The summed E-state index contributed by atoms with van der Waals surface area (Å²) in [5.41, 5.74) is 0.602. The molecule has 3 rings (SSSR count). The lowest BCUT2D eigenvalue weighted by molar-refractivity contribution is -0.137. The molecule has 182 valence electrons. The number of carboxylic acid groups (broad SMARTS) is 1. The monoisotopic (exact) mass is 449 g/mol. The van der Waals surface area contributed by atoms with Gasteiger partial charge in [-0.05, 0) is 62.2 Å². The van der Waals surface area contributed by atoms with Crippen molar-refractivity contribution in [2.24, 2.45) is 10.8 Å². The largest absolute Gasteiger partial charge is 0.481 e. The maximum atomic E-state index is 11.5. The van der Waals surface area contributed by atoms with Crippen LogP contribution in [0.2, 0.25) is 0 Å². The summed E-state index contributed by atoms with van der Waals surface area (Å²) in [7, 11) is 0. The minimum absolute atomic E-state index is 0.0259. The number of nitrogens with zero attached hydrogens (tertiary/aromatic N) is 2. The van der Waals surface area contributed by atoms with Crippen LogP contribution >= 0.6 is 0 Å². The van der Waals surface area contributed by atoms with Crippen LogP contribution in [0.25, 0.3) is 0 Å². The van der Waals surface area contributed by atoms with Gasteiger partial charge in [0.2, 0.25) is 5.89 Å². The van der Waals surface area contributed by atoms with Crippen LogP contribution in [0.15, 0.2) is 4.52 Å². The summed E-state index contributed by atoms with van der Waals surface area (Å²) in [5.74, 6) is -0.0206. The van der Waals surface area contributed by atoms with Crippen LogP contribution in [0, 0.1) is 10.8 Å². The minimum atomic E-state index is -0.822. The second-order valence-corrected chi connectivity index (χ2v) is 11.2. The van der Waals surface area contributed by atoms with Crippen molar-refractivity contribution in [3.05, 3.63) is 11.7 Å². The van der Waals surface area contributed by atoms with Gasteiger partial charge in [-0.2, -0.15) is 4.98 Å². The molecule has 1 aromatic heterocycles. The molecule has 0 saturated heterocycles. The van der Waals surface area contributed by atoms with E-state index in [4.69, 9.17) is 4.52 Å². The highest BCUT2D eigenvalue weighted by Gasteiger charge is 2.42. The number of carboxylic acids is 1. The molecule has 7 heteroatoms. The zero-order valence-electron chi connectivity index (χ0n) is 20.2. The molecule has 7 nitrogen and oxygen atoms in total. The highest BCUT2D eigenvalue weighted by Crippen LogP contribution is 2.53. The molecule has 2 fully saturated rings. The normalized spacial score (nSPS) is 24.9. The third-order valence-electron chi connectivity index (χ3n) is 8.11. The molecule has 0 aliphatic heterocycles. The molecule has 1 heterocycles. The Balaban J connectivity index is 1.56. The predicted molar refractivity (Wildman–Crippen MR) is 123 cm³/mol. The Labute approximate surface area is 192 Å². The third kappa shape index (κ3) is 6.77. The van der Waals surface area contributed by atoms with Crippen molar-refractivity contribution >= 4 is 5.97 Å². The van der Waals surface area contributed by atoms with Crippen molar-refractivity contribution in [1.29, 1.82) is 0 Å². The third-order valence-corrected chi connectivity index (χ3v) is 8.11. The van der Waals surface area contributed by atoms with Gasteiger partial charge in [-0.25, -0.2) is 0 Å². The number of carbonyl (C=O) groups is 1. The van der Waals surface area contributed by atoms with E-state index >= 15 is 0 Å². The molecule has 0 amide bonds. The minimum Gasteiger partial charge on any atom is -0.481 e. The summed E-state index contributed by atoms with van der Waals surface area (Å²) in [6.07, 6.45) is 12.8. The van der Waals surface area contributed by atoms with E-state index in [0.29, 0.717) is 29.7 Å². The Morgan fingerprint density at radius 2 is 1.88 bits per heavy atom. The fourth-order valence-corrected chi connectivity index (χ4v) is 5.83. The molecule has 32 heavy (non-hydrogen) atoms. The van der Waals surface area contributed by atoms with E-state index in [2.05, 4.69) is 36.2 Å². The summed E-state index contributed by atoms with van der Waals surface area (Å²) in [4.78, 5) is 16.1. The summed E-state index contributed by atoms with van der Waals surface area (Å²) in [6.45, 7) is 7.59. The fraction of sp³-hybridized carbons (Fsp3) is 0.880. The summed E-state index contributed by atoms with van der Waals surface area (Å²) in [5, 5.41) is 26.7. The predicted octanol–water partition coefficient (Wildman–Crippen LogP) is 5.19. The number of aromatic nitrogens is 2. The van der Waals surface area contributed by atoms with Crippen LogP contribution in [-0.4, -0.2) is 38.5 Å². The zero-order valence-corrected chi connectivity index (χ0v) is 20.2. The van der Waals surface area contributed by atoms with Gasteiger partial charge in [0.05, 0.1) is 19.1 Å². The first-order chi connectivity index (χ1) is 15.2. The van der Waals surface area contributed by atoms with E-state index in [0.717, 1.165) is 44.9 Å². The van der Waals surface area contributed by atoms with E-state index in [1.807, 2.05) is 0 Å². The van der Waals surface area contributed by atoms with Crippen molar-refractivity contribution in [1.82, 2.24) is 15.5 Å². The first-order valence-electron chi connectivity index (χ1n) is 12.6. The highest BCUT2D eigenvalue weighted by molar-refractivity contribution is 5.67. The van der Waals surface area contributed by atoms with Crippen molar-refractivity contribution in [3.63, 3.8) is 0 Å². The number of aliphatic hydroxyl groups excluding tert-OH is 1. The fourth-order valence-electron chi connectivity index (χ4n) is 5.83. The van der Waals surface area contributed by atoms with E-state index in [1.165, 1.54) is 32.1 Å². The smallest absolute Gasteiger partial charge is 0.304 e. The highest BCUT2D eigenvalue weighted by atomic mass is 16.5. The number of hydrogen-bond acceptors (Lipinski definition) is 6. The van der Waals surface area contributed by atoms with Gasteiger partial charge in [-0.1, -0.05) is 51.6 Å². The Hall–Kier alpha value is -1.47. The van der Waals surface area contributed by atoms with E-state index in [9.17, 15) is 15.0 Å². The molecular weight excluding hydrogens is 406 g/mol. The van der Waals surface area contributed by atoms with Crippen molar-refractivity contribution < 1.29 is 19.5 Å². The summed E-state index contributed by atoms with van der Waals surface area (Å²) < 4.78 is 5.52. The summed E-state index contributed by atoms with van der Waals surface area (Å²) >= 11 is 0. The number of aliphatic hydroxyl groups is 1. The quantitative estimate of drug-likeness (QED) is 0.451. The first kappa shape index (κ1) is 25.2. The van der Waals surface area contributed by atoms with Gasteiger partial charge in [-0.3, -0.25) is 4.79 Å². The van der Waals surface area contributed by atoms with Gasteiger partial charge < -0.3 is 20.1 Å². The van der Waals surface area contributed by atoms with Crippen molar-refractivity contribution in [2.75, 3.05) is 0 Å². The van der Waals surface area contributed by atoms with Crippen LogP contribution in [0.5, 0.6) is 0 Å². The van der Waals surface area contributed by atoms with Gasteiger partial charge >= 0.3 is 5.97 Å². The zero-order chi connectivity index (χ0) is 23.2. The van der Waals surface area contributed by atoms with Gasteiger partial charge in [0.25, 0.3) is 0 Å². The molecule has 0 bridgehead atoms. The van der Waals surface area contributed by atoms with E-state index in [1.54, 1.807) is 0 Å². The van der Waals surface area contributed by atoms with Crippen LogP contribution in [0.3, 0.4) is 0 Å². The van der Waals surface area contributed by atoms with Crippen LogP contribution in [-0.2, 0) is 11.3 Å². The number of rotatable bonds is 10. The Kier molecular flexibility index (Phi) is 8.73. The molecule has 0 unspecified atom stereocenters. The van der Waals surface area contributed by atoms with Gasteiger partial charge in [-0.15, -0.1) is 0 Å². The van der Waals surface area contributed by atoms with E-state index in [-0.39, 0.29) is 23.9 Å². The van der Waals surface area contributed by atoms with Crippen LogP contribution < -0.4 is 5.32 Å². The van der Waals surface area contributed by atoms with Gasteiger partial charge in [0, 0.05) is 12.0 Å². The molecular formula is C25H43N3O4. The van der Waals surface area contributed by atoms with Gasteiger partial charge in [0.1, 0.15) is 0 Å². The SMILES string of the molecule is CC(C)(C)C1(CCC[C@H](CC(=O)O)c2nc(CNC3CCC(O)CC3)no2)CCCCC1.